The van der Waals surface area contributed by atoms with Crippen molar-refractivity contribution in [3.63, 3.8) is 0 Å². The molecule has 0 aliphatic carbocycles. The van der Waals surface area contributed by atoms with Crippen LogP contribution in [0.5, 0.6) is 5.75 Å². The number of halogens is 2. The lowest BCUT2D eigenvalue weighted by Gasteiger charge is -2.10. The van der Waals surface area contributed by atoms with Crippen LogP contribution in [-0.4, -0.2) is 17.6 Å². The number of aromatic nitrogens is 1. The molecule has 0 unspecified atom stereocenters. The summed E-state index contributed by atoms with van der Waals surface area (Å²) >= 11 is 7.08. The number of anilines is 1. The number of methoxy groups -OCH3 is 1. The lowest BCUT2D eigenvalue weighted by Crippen LogP contribution is -2.18. The Hall–Kier alpha value is -2.31. The summed E-state index contributed by atoms with van der Waals surface area (Å²) in [4.78, 5) is 12.7. The Morgan fingerprint density at radius 1 is 0.963 bits per heavy atom. The average molecular weight is 488 g/mol. The maximum Gasteiger partial charge on any atom is 0.244 e. The fraction of sp³-hybridized carbons (Fsp3) is 0.0952. The molecule has 1 heterocycles. The van der Waals surface area contributed by atoms with E-state index in [-0.39, 0.29) is 12.5 Å². The highest BCUT2D eigenvalue weighted by Gasteiger charge is 2.14. The van der Waals surface area contributed by atoms with Gasteiger partial charge >= 0.3 is 0 Å². The SMILES string of the molecule is COc1cccc(NC(=O)Cn2c3ccc(Br)cc3c3cc(Br)ccc32)c1. The van der Waals surface area contributed by atoms with E-state index in [2.05, 4.69) is 49.3 Å². The molecule has 4 nitrogen and oxygen atoms in total. The third-order valence-electron chi connectivity index (χ3n) is 4.44. The maximum absolute atomic E-state index is 12.7. The van der Waals surface area contributed by atoms with Crippen molar-refractivity contribution in [1.29, 1.82) is 0 Å². The van der Waals surface area contributed by atoms with Gasteiger partial charge < -0.3 is 14.6 Å². The van der Waals surface area contributed by atoms with Gasteiger partial charge in [0.1, 0.15) is 12.3 Å². The highest BCUT2D eigenvalue weighted by atomic mass is 79.9. The highest BCUT2D eigenvalue weighted by Crippen LogP contribution is 2.33. The summed E-state index contributed by atoms with van der Waals surface area (Å²) in [7, 11) is 1.61. The number of benzene rings is 3. The Balaban J connectivity index is 1.73. The van der Waals surface area contributed by atoms with E-state index < -0.39 is 0 Å². The van der Waals surface area contributed by atoms with Crippen LogP contribution in [0.15, 0.2) is 69.6 Å². The first kappa shape index (κ1) is 18.1. The molecule has 3 aromatic carbocycles. The summed E-state index contributed by atoms with van der Waals surface area (Å²) in [5.74, 6) is 0.618. The summed E-state index contributed by atoms with van der Waals surface area (Å²) in [5.41, 5.74) is 2.75. The third kappa shape index (κ3) is 3.59. The van der Waals surface area contributed by atoms with Crippen molar-refractivity contribution in [3.8, 4) is 5.75 Å². The van der Waals surface area contributed by atoms with Crippen LogP contribution >= 0.6 is 31.9 Å². The number of hydrogen-bond donors (Lipinski definition) is 1. The van der Waals surface area contributed by atoms with E-state index in [9.17, 15) is 4.79 Å². The van der Waals surface area contributed by atoms with Gasteiger partial charge in [-0.25, -0.2) is 0 Å². The number of amides is 1. The molecule has 4 rings (SSSR count). The van der Waals surface area contributed by atoms with E-state index in [1.165, 1.54) is 0 Å². The molecule has 0 aliphatic rings. The van der Waals surface area contributed by atoms with Gasteiger partial charge in [-0.1, -0.05) is 37.9 Å². The topological polar surface area (TPSA) is 43.3 Å². The Kier molecular flexibility index (Phi) is 4.93. The summed E-state index contributed by atoms with van der Waals surface area (Å²) in [6.45, 7) is 0.223. The van der Waals surface area contributed by atoms with Crippen LogP contribution in [0.1, 0.15) is 0 Å². The zero-order valence-corrected chi connectivity index (χ0v) is 17.7. The number of fused-ring (bicyclic) bond motifs is 3. The number of nitrogens with zero attached hydrogens (tertiary/aromatic N) is 1. The van der Waals surface area contributed by atoms with Crippen LogP contribution < -0.4 is 10.1 Å². The van der Waals surface area contributed by atoms with Crippen molar-refractivity contribution in [3.05, 3.63) is 69.6 Å². The van der Waals surface area contributed by atoms with Crippen LogP contribution in [-0.2, 0) is 11.3 Å². The van der Waals surface area contributed by atoms with E-state index in [1.807, 2.05) is 47.0 Å². The van der Waals surface area contributed by atoms with Crippen LogP contribution in [0.3, 0.4) is 0 Å². The molecule has 0 saturated heterocycles. The Bertz CT molecular complexity index is 1110. The fourth-order valence-corrected chi connectivity index (χ4v) is 3.99. The number of ether oxygens (including phenoxy) is 1. The maximum atomic E-state index is 12.7. The predicted molar refractivity (Wildman–Crippen MR) is 116 cm³/mol. The molecule has 0 fully saturated rings. The zero-order valence-electron chi connectivity index (χ0n) is 14.5. The molecule has 0 radical (unpaired) electrons. The predicted octanol–water partition coefficient (Wildman–Crippen LogP) is 5.97. The molecule has 0 spiro atoms. The van der Waals surface area contributed by atoms with Gasteiger partial charge in [0.2, 0.25) is 5.91 Å². The van der Waals surface area contributed by atoms with Crippen molar-refractivity contribution in [2.24, 2.45) is 0 Å². The highest BCUT2D eigenvalue weighted by molar-refractivity contribution is 9.10. The Morgan fingerprint density at radius 3 is 2.19 bits per heavy atom. The molecular weight excluding hydrogens is 472 g/mol. The minimum absolute atomic E-state index is 0.0899. The molecular formula is C21H16Br2N2O2. The lowest BCUT2D eigenvalue weighted by atomic mass is 10.2. The van der Waals surface area contributed by atoms with E-state index >= 15 is 0 Å². The van der Waals surface area contributed by atoms with Gasteiger partial charge in [0.15, 0.2) is 0 Å². The number of hydrogen-bond acceptors (Lipinski definition) is 2. The van der Waals surface area contributed by atoms with Gasteiger partial charge in [-0.3, -0.25) is 4.79 Å². The third-order valence-corrected chi connectivity index (χ3v) is 5.43. The van der Waals surface area contributed by atoms with Gasteiger partial charge in [0.05, 0.1) is 7.11 Å². The lowest BCUT2D eigenvalue weighted by molar-refractivity contribution is -0.116. The molecule has 1 aromatic heterocycles. The van der Waals surface area contributed by atoms with Crippen molar-refractivity contribution in [2.75, 3.05) is 12.4 Å². The summed E-state index contributed by atoms with van der Waals surface area (Å²) < 4.78 is 9.27. The first-order chi connectivity index (χ1) is 13.0. The second-order valence-electron chi connectivity index (χ2n) is 6.19. The number of rotatable bonds is 4. The van der Waals surface area contributed by atoms with Crippen LogP contribution in [0.2, 0.25) is 0 Å². The summed E-state index contributed by atoms with van der Waals surface area (Å²) in [6.07, 6.45) is 0. The van der Waals surface area contributed by atoms with Gasteiger partial charge in [0.25, 0.3) is 0 Å². The number of carbonyl (C=O) groups excluding carboxylic acids is 1. The molecule has 136 valence electrons. The van der Waals surface area contributed by atoms with E-state index in [1.54, 1.807) is 13.2 Å². The second kappa shape index (κ2) is 7.37. The standard InChI is InChI=1S/C21H16Br2N2O2/c1-27-16-4-2-3-15(11-16)24-21(26)12-25-19-7-5-13(22)9-17(19)18-10-14(23)6-8-20(18)25/h2-11H,12H2,1H3,(H,24,26). The zero-order chi connectivity index (χ0) is 19.0. The molecule has 27 heavy (non-hydrogen) atoms. The largest absolute Gasteiger partial charge is 0.497 e. The van der Waals surface area contributed by atoms with Crippen LogP contribution in [0, 0.1) is 0 Å². The van der Waals surface area contributed by atoms with Crippen molar-refractivity contribution in [2.45, 2.75) is 6.54 Å². The quantitative estimate of drug-likeness (QED) is 0.385. The van der Waals surface area contributed by atoms with Crippen molar-refractivity contribution < 1.29 is 9.53 Å². The average Bonchev–Trinajstić information content (AvgIpc) is 2.94. The molecule has 4 aromatic rings. The first-order valence-corrected chi connectivity index (χ1v) is 9.94. The molecule has 0 saturated carbocycles. The van der Waals surface area contributed by atoms with Gasteiger partial charge in [-0.15, -0.1) is 0 Å². The van der Waals surface area contributed by atoms with Crippen molar-refractivity contribution in [1.82, 2.24) is 4.57 Å². The van der Waals surface area contributed by atoms with Gasteiger partial charge in [-0.05, 0) is 48.5 Å². The molecule has 1 amide bonds. The number of nitrogens with one attached hydrogen (secondary N) is 1. The Morgan fingerprint density at radius 2 is 1.59 bits per heavy atom. The molecule has 0 aliphatic heterocycles. The molecule has 1 N–H and O–H groups in total. The van der Waals surface area contributed by atoms with E-state index in [0.29, 0.717) is 11.4 Å². The molecule has 6 heteroatoms. The Labute approximate surface area is 173 Å². The van der Waals surface area contributed by atoms with Gasteiger partial charge in [-0.2, -0.15) is 0 Å². The summed E-state index contributed by atoms with van der Waals surface area (Å²) in [5, 5.41) is 5.16. The van der Waals surface area contributed by atoms with Gasteiger partial charge in [0, 0.05) is 42.5 Å². The number of carbonyl (C=O) groups is 1. The summed E-state index contributed by atoms with van der Waals surface area (Å²) in [6, 6.07) is 19.6. The minimum atomic E-state index is -0.0899. The van der Waals surface area contributed by atoms with E-state index in [0.717, 1.165) is 30.8 Å². The normalized spacial score (nSPS) is 11.1. The second-order valence-corrected chi connectivity index (χ2v) is 8.02. The first-order valence-electron chi connectivity index (χ1n) is 8.36. The van der Waals surface area contributed by atoms with Crippen LogP contribution in [0.25, 0.3) is 21.8 Å². The van der Waals surface area contributed by atoms with Crippen molar-refractivity contribution >= 4 is 65.3 Å². The minimum Gasteiger partial charge on any atom is -0.497 e. The molecule has 0 atom stereocenters. The monoisotopic (exact) mass is 486 g/mol. The molecule has 0 bridgehead atoms. The smallest absolute Gasteiger partial charge is 0.244 e. The van der Waals surface area contributed by atoms with Crippen LogP contribution in [0.4, 0.5) is 5.69 Å². The van der Waals surface area contributed by atoms with E-state index in [4.69, 9.17) is 4.74 Å². The fourth-order valence-electron chi connectivity index (χ4n) is 3.26.